The van der Waals surface area contributed by atoms with E-state index in [-0.39, 0.29) is 5.69 Å². The Kier molecular flexibility index (Phi) is 2.95. The van der Waals surface area contributed by atoms with Crippen LogP contribution < -0.4 is 0 Å². The van der Waals surface area contributed by atoms with E-state index in [1.54, 1.807) is 6.92 Å². The average molecular weight is 328 g/mol. The number of aromatic amines is 1. The molecule has 4 nitrogen and oxygen atoms in total. The number of hydrogen-bond donors (Lipinski definition) is 2. The molecule has 0 atom stereocenters. The summed E-state index contributed by atoms with van der Waals surface area (Å²) < 4.78 is 1.03. The maximum absolute atomic E-state index is 10.9. The van der Waals surface area contributed by atoms with Crippen molar-refractivity contribution in [1.29, 1.82) is 0 Å². The molecule has 1 aromatic carbocycles. The molecule has 2 aromatic rings. The third-order valence-electron chi connectivity index (χ3n) is 2.22. The number of H-pyrrole nitrogens is 1. The number of carboxylic acid groups (broad SMARTS) is 1. The molecule has 5 heteroatoms. The normalized spacial score (nSPS) is 10.4. The summed E-state index contributed by atoms with van der Waals surface area (Å²) in [7, 11) is 0. The van der Waals surface area contributed by atoms with Gasteiger partial charge in [0.2, 0.25) is 0 Å². The zero-order chi connectivity index (χ0) is 11.7. The lowest BCUT2D eigenvalue weighted by molar-refractivity contribution is 0.0690. The third kappa shape index (κ3) is 1.95. The standard InChI is InChI=1S/C11H9IN2O2/c1-6-9(11(15)16)14-10(13-6)7-4-2-3-5-8(7)12/h2-5H,1H3,(H,13,14)(H,15,16). The zero-order valence-corrected chi connectivity index (χ0v) is 10.6. The fourth-order valence-electron chi connectivity index (χ4n) is 1.45. The maximum atomic E-state index is 10.9. The molecule has 16 heavy (non-hydrogen) atoms. The van der Waals surface area contributed by atoms with Crippen LogP contribution in [0.3, 0.4) is 0 Å². The minimum Gasteiger partial charge on any atom is -0.476 e. The Labute approximate surface area is 106 Å². The number of nitrogens with zero attached hydrogens (tertiary/aromatic N) is 1. The topological polar surface area (TPSA) is 66.0 Å². The minimum absolute atomic E-state index is 0.0784. The fraction of sp³-hybridized carbons (Fsp3) is 0.0909. The smallest absolute Gasteiger partial charge is 0.356 e. The summed E-state index contributed by atoms with van der Waals surface area (Å²) >= 11 is 2.19. The number of nitrogens with one attached hydrogen (secondary N) is 1. The monoisotopic (exact) mass is 328 g/mol. The highest BCUT2D eigenvalue weighted by Gasteiger charge is 2.15. The number of benzene rings is 1. The lowest BCUT2D eigenvalue weighted by atomic mass is 10.2. The lowest BCUT2D eigenvalue weighted by Gasteiger charge is -1.98. The highest BCUT2D eigenvalue weighted by Crippen LogP contribution is 2.23. The molecule has 0 radical (unpaired) electrons. The van der Waals surface area contributed by atoms with Gasteiger partial charge in [0.05, 0.1) is 0 Å². The predicted molar refractivity (Wildman–Crippen MR) is 68.4 cm³/mol. The quantitative estimate of drug-likeness (QED) is 0.833. The number of halogens is 1. The average Bonchev–Trinajstić information content (AvgIpc) is 2.61. The summed E-state index contributed by atoms with van der Waals surface area (Å²) in [6.07, 6.45) is 0. The first-order chi connectivity index (χ1) is 7.59. The molecule has 0 unspecified atom stereocenters. The van der Waals surface area contributed by atoms with E-state index in [0.717, 1.165) is 9.13 Å². The number of aromatic nitrogens is 2. The number of carboxylic acids is 1. The van der Waals surface area contributed by atoms with Crippen molar-refractivity contribution in [2.45, 2.75) is 6.92 Å². The van der Waals surface area contributed by atoms with Gasteiger partial charge < -0.3 is 10.1 Å². The van der Waals surface area contributed by atoms with Crippen molar-refractivity contribution >= 4 is 28.6 Å². The molecule has 82 valence electrons. The molecular formula is C11H9IN2O2. The van der Waals surface area contributed by atoms with Crippen LogP contribution >= 0.6 is 22.6 Å². The van der Waals surface area contributed by atoms with Crippen molar-refractivity contribution < 1.29 is 9.90 Å². The molecule has 2 N–H and O–H groups in total. The molecule has 0 bridgehead atoms. The van der Waals surface area contributed by atoms with Crippen molar-refractivity contribution in [3.63, 3.8) is 0 Å². The van der Waals surface area contributed by atoms with Gasteiger partial charge in [0.25, 0.3) is 0 Å². The van der Waals surface area contributed by atoms with Gasteiger partial charge in [0.1, 0.15) is 5.82 Å². The lowest BCUT2D eigenvalue weighted by Crippen LogP contribution is -1.98. The predicted octanol–water partition coefficient (Wildman–Crippen LogP) is 2.69. The number of hydrogen-bond acceptors (Lipinski definition) is 2. The molecule has 0 saturated heterocycles. The first-order valence-corrected chi connectivity index (χ1v) is 5.72. The number of aryl methyl sites for hydroxylation is 1. The van der Waals surface area contributed by atoms with Crippen LogP contribution in [0.1, 0.15) is 16.2 Å². The molecule has 0 spiro atoms. The zero-order valence-electron chi connectivity index (χ0n) is 8.49. The van der Waals surface area contributed by atoms with Crippen LogP contribution in [-0.2, 0) is 0 Å². The fourth-order valence-corrected chi connectivity index (χ4v) is 2.09. The van der Waals surface area contributed by atoms with Gasteiger partial charge in [-0.15, -0.1) is 0 Å². The van der Waals surface area contributed by atoms with E-state index in [0.29, 0.717) is 11.5 Å². The highest BCUT2D eigenvalue weighted by molar-refractivity contribution is 14.1. The van der Waals surface area contributed by atoms with Crippen LogP contribution in [0, 0.1) is 10.5 Å². The van der Waals surface area contributed by atoms with Crippen LogP contribution in [0.2, 0.25) is 0 Å². The molecule has 1 aromatic heterocycles. The van der Waals surface area contributed by atoms with Gasteiger partial charge in [0, 0.05) is 14.8 Å². The summed E-state index contributed by atoms with van der Waals surface area (Å²) in [6, 6.07) is 7.69. The third-order valence-corrected chi connectivity index (χ3v) is 3.16. The summed E-state index contributed by atoms with van der Waals surface area (Å²) in [5, 5.41) is 8.91. The van der Waals surface area contributed by atoms with E-state index in [1.165, 1.54) is 0 Å². The van der Waals surface area contributed by atoms with Gasteiger partial charge in [-0.05, 0) is 35.6 Å². The summed E-state index contributed by atoms with van der Waals surface area (Å²) in [5.41, 5.74) is 1.57. The van der Waals surface area contributed by atoms with Crippen LogP contribution in [0.4, 0.5) is 0 Å². The van der Waals surface area contributed by atoms with E-state index >= 15 is 0 Å². The van der Waals surface area contributed by atoms with E-state index < -0.39 is 5.97 Å². The Hall–Kier alpha value is -1.37. The first-order valence-electron chi connectivity index (χ1n) is 4.64. The van der Waals surface area contributed by atoms with Gasteiger partial charge in [-0.1, -0.05) is 18.2 Å². The highest BCUT2D eigenvalue weighted by atomic mass is 127. The van der Waals surface area contributed by atoms with Crippen LogP contribution in [0.25, 0.3) is 11.4 Å². The van der Waals surface area contributed by atoms with Crippen LogP contribution in [0.15, 0.2) is 24.3 Å². The Bertz CT molecular complexity index is 549. The Morgan fingerprint density at radius 2 is 2.12 bits per heavy atom. The van der Waals surface area contributed by atoms with E-state index in [1.807, 2.05) is 24.3 Å². The molecule has 1 heterocycles. The molecular weight excluding hydrogens is 319 g/mol. The molecule has 0 fully saturated rings. The second-order valence-electron chi connectivity index (χ2n) is 3.34. The van der Waals surface area contributed by atoms with Gasteiger partial charge in [-0.3, -0.25) is 0 Å². The number of carbonyl (C=O) groups is 1. The Morgan fingerprint density at radius 1 is 1.44 bits per heavy atom. The maximum Gasteiger partial charge on any atom is 0.356 e. The second kappa shape index (κ2) is 4.25. The summed E-state index contributed by atoms with van der Waals surface area (Å²) in [5.74, 6) is -0.411. The van der Waals surface area contributed by atoms with Gasteiger partial charge >= 0.3 is 5.97 Å². The SMILES string of the molecule is Cc1[nH]c(-c2ccccc2I)nc1C(=O)O. The number of rotatable bonds is 2. The van der Waals surface area contributed by atoms with Gasteiger partial charge in [0.15, 0.2) is 5.69 Å². The Morgan fingerprint density at radius 3 is 2.69 bits per heavy atom. The van der Waals surface area contributed by atoms with E-state index in [9.17, 15) is 4.79 Å². The molecule has 0 aliphatic heterocycles. The molecule has 0 aliphatic rings. The molecule has 0 saturated carbocycles. The van der Waals surface area contributed by atoms with Crippen LogP contribution in [-0.4, -0.2) is 21.0 Å². The molecule has 0 aliphatic carbocycles. The molecule has 0 amide bonds. The van der Waals surface area contributed by atoms with Crippen molar-refractivity contribution in [3.05, 3.63) is 39.2 Å². The van der Waals surface area contributed by atoms with Crippen molar-refractivity contribution in [3.8, 4) is 11.4 Å². The van der Waals surface area contributed by atoms with Gasteiger partial charge in [-0.2, -0.15) is 0 Å². The van der Waals surface area contributed by atoms with E-state index in [4.69, 9.17) is 5.11 Å². The van der Waals surface area contributed by atoms with Crippen molar-refractivity contribution in [2.75, 3.05) is 0 Å². The Balaban J connectivity index is 2.54. The van der Waals surface area contributed by atoms with Gasteiger partial charge in [-0.25, -0.2) is 9.78 Å². The summed E-state index contributed by atoms with van der Waals surface area (Å²) in [6.45, 7) is 1.70. The summed E-state index contributed by atoms with van der Waals surface area (Å²) in [4.78, 5) is 17.9. The number of aromatic carboxylic acids is 1. The minimum atomic E-state index is -1.01. The number of imidazole rings is 1. The first kappa shape index (κ1) is 11.1. The van der Waals surface area contributed by atoms with Crippen LogP contribution in [0.5, 0.6) is 0 Å². The second-order valence-corrected chi connectivity index (χ2v) is 4.51. The van der Waals surface area contributed by atoms with Crippen molar-refractivity contribution in [1.82, 2.24) is 9.97 Å². The molecule has 2 rings (SSSR count). The van der Waals surface area contributed by atoms with E-state index in [2.05, 4.69) is 32.6 Å². The largest absolute Gasteiger partial charge is 0.476 e. The van der Waals surface area contributed by atoms with Crippen molar-refractivity contribution in [2.24, 2.45) is 0 Å².